The molecule has 0 radical (unpaired) electrons. The number of nitrogens with one attached hydrogen (secondary N) is 1. The predicted molar refractivity (Wildman–Crippen MR) is 58.6 cm³/mol. The summed E-state index contributed by atoms with van der Waals surface area (Å²) in [6.45, 7) is 4.25. The van der Waals surface area contributed by atoms with Gasteiger partial charge < -0.3 is 5.32 Å². The molecule has 1 aromatic rings. The number of halogens is 1. The maximum Gasteiger partial charge on any atom is 0.216 e. The fourth-order valence-electron chi connectivity index (χ4n) is 1.21. The smallest absolute Gasteiger partial charge is 0.216 e. The van der Waals surface area contributed by atoms with Crippen LogP contribution in [0, 0.1) is 0 Å². The molecule has 1 atom stereocenters. The molecule has 3 heteroatoms. The lowest BCUT2D eigenvalue weighted by Gasteiger charge is -2.11. The van der Waals surface area contributed by atoms with Crippen molar-refractivity contribution in [1.29, 1.82) is 0 Å². The van der Waals surface area contributed by atoms with Crippen molar-refractivity contribution >= 4 is 17.5 Å². The molecule has 0 fully saturated rings. The van der Waals surface area contributed by atoms with Crippen molar-refractivity contribution in [3.05, 3.63) is 34.9 Å². The second kappa shape index (κ2) is 5.01. The number of amides is 1. The van der Waals surface area contributed by atoms with E-state index in [1.165, 1.54) is 12.5 Å². The first-order chi connectivity index (χ1) is 6.59. The SMILES string of the molecule is CC(=O)NC[C@H](C)c1ccc(Cl)cc1. The van der Waals surface area contributed by atoms with Crippen LogP contribution in [0.3, 0.4) is 0 Å². The summed E-state index contributed by atoms with van der Waals surface area (Å²) in [5.41, 5.74) is 1.18. The Bertz CT molecular complexity index is 308. The summed E-state index contributed by atoms with van der Waals surface area (Å²) in [5, 5.41) is 3.52. The van der Waals surface area contributed by atoms with E-state index in [1.54, 1.807) is 0 Å². The molecule has 0 aromatic heterocycles. The van der Waals surface area contributed by atoms with E-state index in [4.69, 9.17) is 11.6 Å². The molecule has 0 bridgehead atoms. The average molecular weight is 212 g/mol. The van der Waals surface area contributed by atoms with Gasteiger partial charge in [0.2, 0.25) is 5.91 Å². The van der Waals surface area contributed by atoms with Gasteiger partial charge >= 0.3 is 0 Å². The minimum Gasteiger partial charge on any atom is -0.356 e. The lowest BCUT2D eigenvalue weighted by molar-refractivity contribution is -0.119. The van der Waals surface area contributed by atoms with Crippen molar-refractivity contribution in [3.8, 4) is 0 Å². The predicted octanol–water partition coefficient (Wildman–Crippen LogP) is 2.58. The number of carbonyl (C=O) groups excluding carboxylic acids is 1. The Labute approximate surface area is 89.3 Å². The van der Waals surface area contributed by atoms with Gasteiger partial charge in [0, 0.05) is 18.5 Å². The van der Waals surface area contributed by atoms with Crippen LogP contribution in [0.25, 0.3) is 0 Å². The Morgan fingerprint density at radius 3 is 2.50 bits per heavy atom. The largest absolute Gasteiger partial charge is 0.356 e. The van der Waals surface area contributed by atoms with Crippen molar-refractivity contribution < 1.29 is 4.79 Å². The Kier molecular flexibility index (Phi) is 3.96. The van der Waals surface area contributed by atoms with Crippen LogP contribution in [0.1, 0.15) is 25.3 Å². The third-order valence-corrected chi connectivity index (χ3v) is 2.35. The normalized spacial score (nSPS) is 12.2. The molecule has 0 saturated carbocycles. The summed E-state index contributed by atoms with van der Waals surface area (Å²) in [7, 11) is 0. The van der Waals surface area contributed by atoms with Gasteiger partial charge in [-0.15, -0.1) is 0 Å². The zero-order valence-electron chi connectivity index (χ0n) is 8.38. The number of benzene rings is 1. The molecule has 1 aromatic carbocycles. The molecule has 0 unspecified atom stereocenters. The zero-order valence-corrected chi connectivity index (χ0v) is 9.14. The van der Waals surface area contributed by atoms with E-state index in [-0.39, 0.29) is 5.91 Å². The quantitative estimate of drug-likeness (QED) is 0.818. The fourth-order valence-corrected chi connectivity index (χ4v) is 1.33. The molecular formula is C11H14ClNO. The first-order valence-electron chi connectivity index (χ1n) is 4.59. The number of hydrogen-bond donors (Lipinski definition) is 1. The van der Waals surface area contributed by atoms with Gasteiger partial charge in [-0.3, -0.25) is 4.79 Å². The van der Waals surface area contributed by atoms with E-state index in [0.29, 0.717) is 12.5 Å². The molecule has 1 rings (SSSR count). The third kappa shape index (κ3) is 3.38. The van der Waals surface area contributed by atoms with Crippen LogP contribution in [0.2, 0.25) is 5.02 Å². The minimum atomic E-state index is 0.00538. The highest BCUT2D eigenvalue weighted by Gasteiger charge is 2.05. The topological polar surface area (TPSA) is 29.1 Å². The molecule has 0 spiro atoms. The maximum atomic E-state index is 10.7. The molecule has 76 valence electrons. The van der Waals surface area contributed by atoms with Crippen molar-refractivity contribution in [2.45, 2.75) is 19.8 Å². The molecule has 2 nitrogen and oxygen atoms in total. The van der Waals surface area contributed by atoms with E-state index in [2.05, 4.69) is 12.2 Å². The van der Waals surface area contributed by atoms with Crippen molar-refractivity contribution in [2.75, 3.05) is 6.54 Å². The van der Waals surface area contributed by atoms with Crippen LogP contribution in [-0.4, -0.2) is 12.5 Å². The summed E-state index contributed by atoms with van der Waals surface area (Å²) >= 11 is 5.77. The molecule has 0 saturated heterocycles. The Morgan fingerprint density at radius 2 is 2.00 bits per heavy atom. The lowest BCUT2D eigenvalue weighted by atomic mass is 10.0. The molecule has 14 heavy (non-hydrogen) atoms. The molecule has 1 amide bonds. The second-order valence-electron chi connectivity index (χ2n) is 3.39. The van der Waals surface area contributed by atoms with Crippen molar-refractivity contribution in [1.82, 2.24) is 5.32 Å². The van der Waals surface area contributed by atoms with Crippen LogP contribution in [0.4, 0.5) is 0 Å². The summed E-state index contributed by atoms with van der Waals surface area (Å²) in [6.07, 6.45) is 0. The average Bonchev–Trinajstić information content (AvgIpc) is 2.15. The van der Waals surface area contributed by atoms with E-state index in [1.807, 2.05) is 24.3 Å². The van der Waals surface area contributed by atoms with Crippen LogP contribution in [-0.2, 0) is 4.79 Å². The third-order valence-electron chi connectivity index (χ3n) is 2.10. The zero-order chi connectivity index (χ0) is 10.6. The fraction of sp³-hybridized carbons (Fsp3) is 0.364. The van der Waals surface area contributed by atoms with Crippen LogP contribution < -0.4 is 5.32 Å². The van der Waals surface area contributed by atoms with E-state index >= 15 is 0 Å². The minimum absolute atomic E-state index is 0.00538. The second-order valence-corrected chi connectivity index (χ2v) is 3.83. The Hall–Kier alpha value is -1.02. The van der Waals surface area contributed by atoms with Crippen LogP contribution in [0.5, 0.6) is 0 Å². The first kappa shape index (κ1) is 11.1. The van der Waals surface area contributed by atoms with Gasteiger partial charge in [-0.05, 0) is 23.6 Å². The van der Waals surface area contributed by atoms with Crippen LogP contribution in [0.15, 0.2) is 24.3 Å². The van der Waals surface area contributed by atoms with Gasteiger partial charge in [0.05, 0.1) is 0 Å². The van der Waals surface area contributed by atoms with E-state index in [9.17, 15) is 4.79 Å². The Balaban J connectivity index is 2.56. The molecule has 0 heterocycles. The van der Waals surface area contributed by atoms with Crippen molar-refractivity contribution in [2.24, 2.45) is 0 Å². The van der Waals surface area contributed by atoms with Gasteiger partial charge in [-0.25, -0.2) is 0 Å². The monoisotopic (exact) mass is 211 g/mol. The van der Waals surface area contributed by atoms with E-state index < -0.39 is 0 Å². The first-order valence-corrected chi connectivity index (χ1v) is 4.97. The number of hydrogen-bond acceptors (Lipinski definition) is 1. The highest BCUT2D eigenvalue weighted by molar-refractivity contribution is 6.30. The molecule has 0 aliphatic heterocycles. The van der Waals surface area contributed by atoms with Gasteiger partial charge in [-0.2, -0.15) is 0 Å². The number of carbonyl (C=O) groups is 1. The molecule has 0 aliphatic carbocycles. The Morgan fingerprint density at radius 1 is 1.43 bits per heavy atom. The van der Waals surface area contributed by atoms with Crippen molar-refractivity contribution in [3.63, 3.8) is 0 Å². The van der Waals surface area contributed by atoms with E-state index in [0.717, 1.165) is 5.02 Å². The van der Waals surface area contributed by atoms with Gasteiger partial charge in [0.1, 0.15) is 0 Å². The highest BCUT2D eigenvalue weighted by Crippen LogP contribution is 2.17. The summed E-state index contributed by atoms with van der Waals surface area (Å²) in [6, 6.07) is 7.69. The lowest BCUT2D eigenvalue weighted by Crippen LogP contribution is -2.24. The van der Waals surface area contributed by atoms with Gasteiger partial charge in [0.25, 0.3) is 0 Å². The summed E-state index contributed by atoms with van der Waals surface area (Å²) in [4.78, 5) is 10.7. The molecule has 1 N–H and O–H groups in total. The maximum absolute atomic E-state index is 10.7. The molecule has 0 aliphatic rings. The summed E-state index contributed by atoms with van der Waals surface area (Å²) < 4.78 is 0. The van der Waals surface area contributed by atoms with Gasteiger partial charge in [-0.1, -0.05) is 30.7 Å². The standard InChI is InChI=1S/C11H14ClNO/c1-8(7-13-9(2)14)10-3-5-11(12)6-4-10/h3-6,8H,7H2,1-2H3,(H,13,14)/t8-/m0/s1. The van der Waals surface area contributed by atoms with Crippen LogP contribution >= 0.6 is 11.6 Å². The number of rotatable bonds is 3. The highest BCUT2D eigenvalue weighted by atomic mass is 35.5. The van der Waals surface area contributed by atoms with Gasteiger partial charge in [0.15, 0.2) is 0 Å². The molecular weight excluding hydrogens is 198 g/mol. The summed E-state index contributed by atoms with van der Waals surface area (Å²) in [5.74, 6) is 0.321.